The average Bonchev–Trinajstić information content (AvgIpc) is 3.11. The molecule has 0 N–H and O–H groups in total. The molecule has 2 heterocycles. The Morgan fingerprint density at radius 2 is 1.94 bits per heavy atom. The monoisotopic (exact) mass is 445 g/mol. The topological polar surface area (TPSA) is 48.4 Å². The first kappa shape index (κ1) is 22.7. The van der Waals surface area contributed by atoms with Crippen molar-refractivity contribution in [2.45, 2.75) is 52.2 Å². The van der Waals surface area contributed by atoms with Crippen molar-refractivity contribution in [1.82, 2.24) is 4.98 Å². The number of carbonyl (C=O) groups excluding carboxylic acids is 1. The number of nitrogens with zero attached hydrogens (tertiary/aromatic N) is 1. The van der Waals surface area contributed by atoms with Crippen molar-refractivity contribution in [1.29, 1.82) is 0 Å². The van der Waals surface area contributed by atoms with Gasteiger partial charge in [0.1, 0.15) is 24.3 Å². The molecular formula is C28H28FNO3. The summed E-state index contributed by atoms with van der Waals surface area (Å²) in [5.41, 5.74) is 5.04. The third kappa shape index (κ3) is 4.68. The second-order valence-electron chi connectivity index (χ2n) is 9.14. The highest BCUT2D eigenvalue weighted by molar-refractivity contribution is 5.89. The summed E-state index contributed by atoms with van der Waals surface area (Å²) in [4.78, 5) is 15.7. The number of hydrogen-bond acceptors (Lipinski definition) is 4. The van der Waals surface area contributed by atoms with E-state index in [-0.39, 0.29) is 18.3 Å². The fourth-order valence-electron chi connectivity index (χ4n) is 4.45. The number of hydrogen-bond donors (Lipinski definition) is 0. The largest absolute Gasteiger partial charge is 0.483 e. The Kier molecular flexibility index (Phi) is 6.32. The molecule has 0 unspecified atom stereocenters. The van der Waals surface area contributed by atoms with Crippen LogP contribution in [0.15, 0.2) is 54.7 Å². The Morgan fingerprint density at radius 3 is 2.58 bits per heavy atom. The summed E-state index contributed by atoms with van der Waals surface area (Å²) in [6, 6.07) is 12.0. The van der Waals surface area contributed by atoms with Gasteiger partial charge in [0.25, 0.3) is 0 Å². The Hall–Kier alpha value is -3.47. The zero-order valence-electron chi connectivity index (χ0n) is 19.4. The predicted octanol–water partition coefficient (Wildman–Crippen LogP) is 6.52. The molecule has 0 bridgehead atoms. The van der Waals surface area contributed by atoms with E-state index in [1.165, 1.54) is 18.2 Å². The van der Waals surface area contributed by atoms with Crippen molar-refractivity contribution in [3.8, 4) is 22.6 Å². The Labute approximate surface area is 194 Å². The molecule has 33 heavy (non-hydrogen) atoms. The number of halogens is 1. The van der Waals surface area contributed by atoms with Gasteiger partial charge in [-0.15, -0.1) is 0 Å². The first-order chi connectivity index (χ1) is 15.8. The van der Waals surface area contributed by atoms with Gasteiger partial charge in [-0.2, -0.15) is 0 Å². The minimum Gasteiger partial charge on any atom is -0.483 e. The van der Waals surface area contributed by atoms with Gasteiger partial charge in [0.2, 0.25) is 0 Å². The summed E-state index contributed by atoms with van der Waals surface area (Å²) >= 11 is 0. The van der Waals surface area contributed by atoms with Crippen LogP contribution in [-0.2, 0) is 17.8 Å². The number of fused-ring (bicyclic) bond motifs is 1. The molecular weight excluding hydrogens is 417 g/mol. The summed E-state index contributed by atoms with van der Waals surface area (Å²) in [5, 5.41) is 0. The zero-order chi connectivity index (χ0) is 23.6. The first-order valence-electron chi connectivity index (χ1n) is 11.1. The molecule has 0 spiro atoms. The summed E-state index contributed by atoms with van der Waals surface area (Å²) in [6.45, 7) is 8.61. The average molecular weight is 446 g/mol. The minimum atomic E-state index is -0.401. The minimum absolute atomic E-state index is 0.173. The van der Waals surface area contributed by atoms with Crippen LogP contribution in [0, 0.1) is 5.82 Å². The van der Waals surface area contributed by atoms with Crippen molar-refractivity contribution < 1.29 is 18.7 Å². The maximum absolute atomic E-state index is 13.8. The molecule has 0 saturated carbocycles. The zero-order valence-corrected chi connectivity index (χ0v) is 19.4. The van der Waals surface area contributed by atoms with Gasteiger partial charge in [-0.05, 0) is 66.8 Å². The fourth-order valence-corrected chi connectivity index (χ4v) is 4.45. The highest BCUT2D eigenvalue weighted by atomic mass is 19.1. The maximum Gasteiger partial charge on any atom is 0.170 e. The summed E-state index contributed by atoms with van der Waals surface area (Å²) in [7, 11) is 0. The van der Waals surface area contributed by atoms with Crippen LogP contribution in [0.1, 0.15) is 56.0 Å². The van der Waals surface area contributed by atoms with E-state index in [2.05, 4.69) is 32.7 Å². The molecule has 1 aliphatic rings. The Morgan fingerprint density at radius 1 is 1.18 bits per heavy atom. The standard InChI is InChI=1S/C28H28FNO3/c1-18(2)24-22(9-7-15-31)25(19-10-12-20(29)13-11-19)27(26-23(24)16-28(3,4)33-26)32-17-21-8-5-6-14-30-21/h5-15,18H,16-17H2,1-4H3/b9-7+. The lowest BCUT2D eigenvalue weighted by atomic mass is 9.83. The van der Waals surface area contributed by atoms with E-state index in [1.807, 2.05) is 24.3 Å². The summed E-state index contributed by atoms with van der Waals surface area (Å²) < 4.78 is 26.6. The molecule has 5 heteroatoms. The quantitative estimate of drug-likeness (QED) is 0.307. The van der Waals surface area contributed by atoms with Crippen LogP contribution in [0.25, 0.3) is 17.2 Å². The Balaban J connectivity index is 2.01. The number of rotatable bonds is 7. The lowest BCUT2D eigenvalue weighted by Gasteiger charge is -2.24. The molecule has 0 amide bonds. The first-order valence-corrected chi connectivity index (χ1v) is 11.1. The molecule has 0 radical (unpaired) electrons. The molecule has 1 aliphatic heterocycles. The lowest BCUT2D eigenvalue weighted by molar-refractivity contribution is -0.104. The molecule has 3 aromatic rings. The SMILES string of the molecule is CC(C)c1c(/C=C/C=O)c(-c2ccc(F)cc2)c(OCc2ccccn2)c2c1CC(C)(C)O2. The summed E-state index contributed by atoms with van der Waals surface area (Å²) in [5.74, 6) is 1.15. The van der Waals surface area contributed by atoms with Crippen LogP contribution >= 0.6 is 0 Å². The highest BCUT2D eigenvalue weighted by Crippen LogP contribution is 2.53. The van der Waals surface area contributed by atoms with Gasteiger partial charge >= 0.3 is 0 Å². The smallest absolute Gasteiger partial charge is 0.170 e. The van der Waals surface area contributed by atoms with Crippen molar-refractivity contribution in [3.63, 3.8) is 0 Å². The maximum atomic E-state index is 13.8. The number of ether oxygens (including phenoxy) is 2. The molecule has 1 aromatic heterocycles. The van der Waals surface area contributed by atoms with E-state index in [0.717, 1.165) is 46.2 Å². The third-order valence-electron chi connectivity index (χ3n) is 5.72. The van der Waals surface area contributed by atoms with Gasteiger partial charge in [0, 0.05) is 23.7 Å². The highest BCUT2D eigenvalue weighted by Gasteiger charge is 2.38. The molecule has 0 atom stereocenters. The van der Waals surface area contributed by atoms with Crippen molar-refractivity contribution in [3.05, 3.63) is 82.9 Å². The predicted molar refractivity (Wildman–Crippen MR) is 128 cm³/mol. The number of aromatic nitrogens is 1. The number of allylic oxidation sites excluding steroid dienone is 1. The number of aldehydes is 1. The van der Waals surface area contributed by atoms with Crippen molar-refractivity contribution in [2.24, 2.45) is 0 Å². The molecule has 0 saturated heterocycles. The fraction of sp³-hybridized carbons (Fsp3) is 0.286. The molecule has 4 rings (SSSR count). The molecule has 0 fully saturated rings. The number of benzene rings is 2. The lowest BCUT2D eigenvalue weighted by Crippen LogP contribution is -2.25. The Bertz CT molecular complexity index is 1180. The second-order valence-corrected chi connectivity index (χ2v) is 9.14. The van der Waals surface area contributed by atoms with E-state index in [9.17, 15) is 9.18 Å². The van der Waals surface area contributed by atoms with Gasteiger partial charge in [-0.1, -0.05) is 38.1 Å². The number of carbonyl (C=O) groups is 1. The molecule has 0 aliphatic carbocycles. The van der Waals surface area contributed by atoms with Crippen molar-refractivity contribution in [2.75, 3.05) is 0 Å². The van der Waals surface area contributed by atoms with Crippen LogP contribution < -0.4 is 9.47 Å². The van der Waals surface area contributed by atoms with E-state index in [0.29, 0.717) is 11.5 Å². The van der Waals surface area contributed by atoms with Gasteiger partial charge in [-0.25, -0.2) is 4.39 Å². The van der Waals surface area contributed by atoms with E-state index in [4.69, 9.17) is 9.47 Å². The number of pyridine rings is 1. The van der Waals surface area contributed by atoms with Crippen LogP contribution in [0.5, 0.6) is 11.5 Å². The second kappa shape index (κ2) is 9.18. The molecule has 2 aromatic carbocycles. The normalized spacial score (nSPS) is 14.4. The van der Waals surface area contributed by atoms with Crippen LogP contribution in [0.3, 0.4) is 0 Å². The molecule has 4 nitrogen and oxygen atoms in total. The van der Waals surface area contributed by atoms with Gasteiger partial charge in [0.05, 0.1) is 5.69 Å². The molecule has 170 valence electrons. The van der Waals surface area contributed by atoms with Gasteiger partial charge in [0.15, 0.2) is 11.5 Å². The van der Waals surface area contributed by atoms with Crippen molar-refractivity contribution >= 4 is 12.4 Å². The van der Waals surface area contributed by atoms with E-state index in [1.54, 1.807) is 18.3 Å². The van der Waals surface area contributed by atoms with Crippen LogP contribution in [-0.4, -0.2) is 16.9 Å². The van der Waals surface area contributed by atoms with Gasteiger partial charge < -0.3 is 9.47 Å². The van der Waals surface area contributed by atoms with E-state index >= 15 is 0 Å². The third-order valence-corrected chi connectivity index (χ3v) is 5.72. The van der Waals surface area contributed by atoms with E-state index < -0.39 is 5.60 Å². The van der Waals surface area contributed by atoms with Gasteiger partial charge in [-0.3, -0.25) is 9.78 Å². The van der Waals surface area contributed by atoms with Crippen LogP contribution in [0.2, 0.25) is 0 Å². The van der Waals surface area contributed by atoms with Crippen LogP contribution in [0.4, 0.5) is 4.39 Å². The summed E-state index contributed by atoms with van der Waals surface area (Å²) in [6.07, 6.45) is 6.52.